The summed E-state index contributed by atoms with van der Waals surface area (Å²) in [5.74, 6) is -0.238. The van der Waals surface area contributed by atoms with Crippen molar-refractivity contribution in [3.8, 4) is 5.75 Å². The molecule has 1 unspecified atom stereocenters. The zero-order valence-electron chi connectivity index (χ0n) is 12.8. The molecule has 1 amide bonds. The van der Waals surface area contributed by atoms with Gasteiger partial charge in [0.2, 0.25) is 0 Å². The van der Waals surface area contributed by atoms with Crippen LogP contribution in [0.5, 0.6) is 5.75 Å². The van der Waals surface area contributed by atoms with Gasteiger partial charge in [0.25, 0.3) is 5.91 Å². The lowest BCUT2D eigenvalue weighted by Gasteiger charge is -2.10. The van der Waals surface area contributed by atoms with E-state index in [2.05, 4.69) is 21.2 Å². The molecule has 1 heterocycles. The van der Waals surface area contributed by atoms with E-state index in [-0.39, 0.29) is 17.8 Å². The summed E-state index contributed by atoms with van der Waals surface area (Å²) >= 11 is 3.35. The minimum absolute atomic E-state index is 0.195. The predicted molar refractivity (Wildman–Crippen MR) is 93.1 cm³/mol. The minimum atomic E-state index is -0.280. The number of amides is 1. The van der Waals surface area contributed by atoms with E-state index in [1.165, 1.54) is 0 Å². The van der Waals surface area contributed by atoms with Gasteiger partial charge < -0.3 is 14.8 Å². The van der Waals surface area contributed by atoms with Gasteiger partial charge in [-0.25, -0.2) is 0 Å². The van der Waals surface area contributed by atoms with Crippen LogP contribution in [0.4, 0.5) is 5.69 Å². The molecular weight excluding hydrogens is 374 g/mol. The van der Waals surface area contributed by atoms with Crippen LogP contribution >= 0.6 is 15.9 Å². The number of hydrogen-bond acceptors (Lipinski definition) is 4. The standard InChI is InChI=1S/C18H16BrNO4/c19-16-4-2-1-3-15(16)17(21)20-13-5-7-14(8-6-13)24-18(22)12-9-10-23-11-12/h1-8,12H,9-11H2,(H,20,21). The molecular formula is C18H16BrNO4. The second-order valence-electron chi connectivity index (χ2n) is 5.44. The zero-order chi connectivity index (χ0) is 16.9. The van der Waals surface area contributed by atoms with Gasteiger partial charge in [-0.1, -0.05) is 12.1 Å². The Morgan fingerprint density at radius 3 is 2.54 bits per heavy atom. The normalized spacial score (nSPS) is 16.6. The quantitative estimate of drug-likeness (QED) is 0.640. The largest absolute Gasteiger partial charge is 0.426 e. The molecule has 1 fully saturated rings. The number of nitrogens with one attached hydrogen (secondary N) is 1. The lowest BCUT2D eigenvalue weighted by molar-refractivity contribution is -0.138. The van der Waals surface area contributed by atoms with Crippen molar-refractivity contribution in [2.75, 3.05) is 18.5 Å². The molecule has 124 valence electrons. The van der Waals surface area contributed by atoms with Gasteiger partial charge in [-0.05, 0) is 58.7 Å². The van der Waals surface area contributed by atoms with Crippen molar-refractivity contribution < 1.29 is 19.1 Å². The first kappa shape index (κ1) is 16.7. The molecule has 5 nitrogen and oxygen atoms in total. The zero-order valence-corrected chi connectivity index (χ0v) is 14.4. The van der Waals surface area contributed by atoms with Gasteiger partial charge in [0.1, 0.15) is 5.75 Å². The number of rotatable bonds is 4. The summed E-state index contributed by atoms with van der Waals surface area (Å²) < 4.78 is 11.2. The Labute approximate surface area is 148 Å². The smallest absolute Gasteiger partial charge is 0.316 e. The molecule has 1 aliphatic heterocycles. The maximum atomic E-state index is 12.2. The van der Waals surface area contributed by atoms with Crippen LogP contribution in [0.1, 0.15) is 16.8 Å². The van der Waals surface area contributed by atoms with E-state index in [0.717, 1.165) is 4.47 Å². The van der Waals surface area contributed by atoms with Crippen LogP contribution in [0.3, 0.4) is 0 Å². The Balaban J connectivity index is 1.61. The summed E-state index contributed by atoms with van der Waals surface area (Å²) in [6, 6.07) is 13.9. The van der Waals surface area contributed by atoms with Crippen LogP contribution in [0.2, 0.25) is 0 Å². The molecule has 0 bridgehead atoms. The van der Waals surface area contributed by atoms with Crippen molar-refractivity contribution in [2.45, 2.75) is 6.42 Å². The Kier molecular flexibility index (Phi) is 5.27. The SMILES string of the molecule is O=C(Nc1ccc(OC(=O)C2CCOC2)cc1)c1ccccc1Br. The fraction of sp³-hybridized carbons (Fsp3) is 0.222. The Hall–Kier alpha value is -2.18. The van der Waals surface area contributed by atoms with Crippen molar-refractivity contribution >= 4 is 33.5 Å². The number of halogens is 1. The van der Waals surface area contributed by atoms with E-state index >= 15 is 0 Å². The molecule has 1 aliphatic rings. The molecule has 2 aromatic rings. The molecule has 0 radical (unpaired) electrons. The van der Waals surface area contributed by atoms with Gasteiger partial charge in [0, 0.05) is 16.8 Å². The highest BCUT2D eigenvalue weighted by Crippen LogP contribution is 2.21. The molecule has 0 aromatic heterocycles. The second-order valence-corrected chi connectivity index (χ2v) is 6.29. The van der Waals surface area contributed by atoms with Crippen molar-refractivity contribution in [1.82, 2.24) is 0 Å². The van der Waals surface area contributed by atoms with E-state index < -0.39 is 0 Å². The Morgan fingerprint density at radius 2 is 1.88 bits per heavy atom. The van der Waals surface area contributed by atoms with Gasteiger partial charge in [0.05, 0.1) is 18.1 Å². The van der Waals surface area contributed by atoms with Gasteiger partial charge in [-0.3, -0.25) is 9.59 Å². The molecule has 2 aromatic carbocycles. The number of carbonyl (C=O) groups excluding carboxylic acids is 2. The number of anilines is 1. The van der Waals surface area contributed by atoms with Crippen molar-refractivity contribution in [2.24, 2.45) is 5.92 Å². The predicted octanol–water partition coefficient (Wildman–Crippen LogP) is 3.64. The first-order valence-electron chi connectivity index (χ1n) is 7.59. The average Bonchev–Trinajstić information content (AvgIpc) is 3.11. The monoisotopic (exact) mass is 389 g/mol. The number of hydrogen-bond donors (Lipinski definition) is 1. The molecule has 0 spiro atoms. The fourth-order valence-corrected chi connectivity index (χ4v) is 2.83. The molecule has 0 aliphatic carbocycles. The van der Waals surface area contributed by atoms with Crippen LogP contribution in [-0.2, 0) is 9.53 Å². The highest BCUT2D eigenvalue weighted by Gasteiger charge is 2.25. The van der Waals surface area contributed by atoms with E-state index in [0.29, 0.717) is 36.6 Å². The van der Waals surface area contributed by atoms with Crippen LogP contribution < -0.4 is 10.1 Å². The third-order valence-corrected chi connectivity index (χ3v) is 4.40. The van der Waals surface area contributed by atoms with Gasteiger partial charge in [-0.15, -0.1) is 0 Å². The first-order valence-corrected chi connectivity index (χ1v) is 8.38. The Morgan fingerprint density at radius 1 is 1.12 bits per heavy atom. The molecule has 24 heavy (non-hydrogen) atoms. The van der Waals surface area contributed by atoms with Crippen LogP contribution in [0.15, 0.2) is 53.0 Å². The average molecular weight is 390 g/mol. The maximum absolute atomic E-state index is 12.2. The summed E-state index contributed by atoms with van der Waals surface area (Å²) in [6.07, 6.45) is 0.693. The highest BCUT2D eigenvalue weighted by atomic mass is 79.9. The van der Waals surface area contributed by atoms with Crippen molar-refractivity contribution in [1.29, 1.82) is 0 Å². The number of esters is 1. The summed E-state index contributed by atoms with van der Waals surface area (Å²) in [4.78, 5) is 24.2. The molecule has 1 atom stereocenters. The second kappa shape index (κ2) is 7.59. The number of carbonyl (C=O) groups is 2. The van der Waals surface area contributed by atoms with Crippen LogP contribution in [0.25, 0.3) is 0 Å². The molecule has 1 saturated heterocycles. The number of benzene rings is 2. The van der Waals surface area contributed by atoms with Crippen molar-refractivity contribution in [3.05, 3.63) is 58.6 Å². The fourth-order valence-electron chi connectivity index (χ4n) is 2.37. The topological polar surface area (TPSA) is 64.6 Å². The lowest BCUT2D eigenvalue weighted by atomic mass is 10.1. The van der Waals surface area contributed by atoms with Gasteiger partial charge in [0.15, 0.2) is 0 Å². The molecule has 0 saturated carbocycles. The summed E-state index contributed by atoms with van der Waals surface area (Å²) in [5.41, 5.74) is 1.17. The first-order chi connectivity index (χ1) is 11.6. The van der Waals surface area contributed by atoms with Gasteiger partial charge >= 0.3 is 5.97 Å². The third-order valence-electron chi connectivity index (χ3n) is 3.71. The highest BCUT2D eigenvalue weighted by molar-refractivity contribution is 9.10. The van der Waals surface area contributed by atoms with Crippen molar-refractivity contribution in [3.63, 3.8) is 0 Å². The summed E-state index contributed by atoms with van der Waals surface area (Å²) in [6.45, 7) is 1.01. The Bertz CT molecular complexity index is 739. The molecule has 3 rings (SSSR count). The van der Waals surface area contributed by atoms with Crippen LogP contribution in [0, 0.1) is 5.92 Å². The summed E-state index contributed by atoms with van der Waals surface area (Å²) in [5, 5.41) is 2.81. The maximum Gasteiger partial charge on any atom is 0.316 e. The van der Waals surface area contributed by atoms with E-state index in [1.54, 1.807) is 36.4 Å². The molecule has 6 heteroatoms. The van der Waals surface area contributed by atoms with E-state index in [4.69, 9.17) is 9.47 Å². The minimum Gasteiger partial charge on any atom is -0.426 e. The number of ether oxygens (including phenoxy) is 2. The van der Waals surface area contributed by atoms with Gasteiger partial charge in [-0.2, -0.15) is 0 Å². The van der Waals surface area contributed by atoms with Crippen LogP contribution in [-0.4, -0.2) is 25.1 Å². The van der Waals surface area contributed by atoms with E-state index in [1.807, 2.05) is 12.1 Å². The third kappa shape index (κ3) is 4.01. The summed E-state index contributed by atoms with van der Waals surface area (Å²) in [7, 11) is 0. The van der Waals surface area contributed by atoms with E-state index in [9.17, 15) is 9.59 Å². The lowest BCUT2D eigenvalue weighted by Crippen LogP contribution is -2.20. The molecule has 1 N–H and O–H groups in total.